The summed E-state index contributed by atoms with van der Waals surface area (Å²) in [6.07, 6.45) is 0.573. The third-order valence-corrected chi connectivity index (χ3v) is 5.71. The summed E-state index contributed by atoms with van der Waals surface area (Å²) in [5.74, 6) is -3.44. The van der Waals surface area contributed by atoms with Crippen LogP contribution in [0.5, 0.6) is 5.75 Å². The topological polar surface area (TPSA) is 36.9 Å². The van der Waals surface area contributed by atoms with Crippen molar-refractivity contribution in [2.24, 2.45) is 11.8 Å². The Balaban J connectivity index is 1.50. The van der Waals surface area contributed by atoms with Gasteiger partial charge in [0.25, 0.3) is 0 Å². The molecule has 2 aliphatic rings. The first kappa shape index (κ1) is 24.9. The van der Waals surface area contributed by atoms with Crippen molar-refractivity contribution in [1.29, 1.82) is 0 Å². The largest absolute Gasteiger partial charge is 0.491 e. The van der Waals surface area contributed by atoms with E-state index in [0.29, 0.717) is 45.3 Å². The molecule has 180 valence electrons. The fraction of sp³-hybridized carbons (Fsp3) is 0.652. The van der Waals surface area contributed by atoms with Crippen LogP contribution in [0.2, 0.25) is 0 Å². The van der Waals surface area contributed by atoms with Gasteiger partial charge in [-0.25, -0.2) is 4.39 Å². The minimum Gasteiger partial charge on any atom is -0.491 e. The number of allylic oxidation sites excluding steroid dienone is 1. The van der Waals surface area contributed by atoms with Gasteiger partial charge < -0.3 is 18.9 Å². The lowest BCUT2D eigenvalue weighted by Gasteiger charge is -2.37. The van der Waals surface area contributed by atoms with Crippen LogP contribution in [0.25, 0.3) is 0 Å². The first-order chi connectivity index (χ1) is 15.4. The zero-order valence-corrected chi connectivity index (χ0v) is 18.0. The summed E-state index contributed by atoms with van der Waals surface area (Å²) in [7, 11) is 0. The minimum atomic E-state index is -3.97. The molecule has 2 fully saturated rings. The molecule has 0 atom stereocenters. The molecule has 1 aromatic rings. The number of benzene rings is 1. The van der Waals surface area contributed by atoms with Crippen LogP contribution < -0.4 is 4.74 Å². The summed E-state index contributed by atoms with van der Waals surface area (Å²) in [5, 5.41) is 0. The van der Waals surface area contributed by atoms with Gasteiger partial charge in [0.15, 0.2) is 17.9 Å². The molecule has 1 aliphatic carbocycles. The summed E-state index contributed by atoms with van der Waals surface area (Å²) in [4.78, 5) is 0. The van der Waals surface area contributed by atoms with Crippen LogP contribution >= 0.6 is 0 Å². The maximum absolute atomic E-state index is 14.6. The van der Waals surface area contributed by atoms with E-state index in [4.69, 9.17) is 18.9 Å². The number of halogens is 5. The van der Waals surface area contributed by atoms with E-state index in [-0.39, 0.29) is 18.4 Å². The summed E-state index contributed by atoms with van der Waals surface area (Å²) in [6, 6.07) is 1.76. The quantitative estimate of drug-likeness (QED) is 0.337. The average Bonchev–Trinajstić information content (AvgIpc) is 2.78. The van der Waals surface area contributed by atoms with Crippen LogP contribution in [-0.4, -0.2) is 38.9 Å². The lowest BCUT2D eigenvalue weighted by atomic mass is 9.86. The lowest BCUT2D eigenvalue weighted by Crippen LogP contribution is -2.39. The summed E-state index contributed by atoms with van der Waals surface area (Å²) < 4.78 is 90.8. The zero-order chi connectivity index (χ0) is 23.1. The molecule has 1 saturated heterocycles. The molecule has 0 unspecified atom stereocenters. The fourth-order valence-corrected chi connectivity index (χ4v) is 4.04. The van der Waals surface area contributed by atoms with Crippen molar-refractivity contribution in [3.05, 3.63) is 41.5 Å². The first-order valence-electron chi connectivity index (χ1n) is 11.0. The van der Waals surface area contributed by atoms with Crippen LogP contribution in [0.3, 0.4) is 0 Å². The normalized spacial score (nSPS) is 27.1. The zero-order valence-electron chi connectivity index (χ0n) is 18.0. The molecular weight excluding hydrogens is 435 g/mol. The van der Waals surface area contributed by atoms with Gasteiger partial charge in [-0.2, -0.15) is 13.2 Å². The second kappa shape index (κ2) is 11.4. The third-order valence-electron chi connectivity index (χ3n) is 5.71. The van der Waals surface area contributed by atoms with E-state index < -0.39 is 48.1 Å². The Morgan fingerprint density at radius 2 is 1.75 bits per heavy atom. The van der Waals surface area contributed by atoms with Crippen molar-refractivity contribution >= 4 is 0 Å². The summed E-state index contributed by atoms with van der Waals surface area (Å²) in [6.45, 7) is 2.18. The maximum Gasteiger partial charge on any atom is 0.386 e. The highest BCUT2D eigenvalue weighted by atomic mass is 19.3. The number of hydrogen-bond donors (Lipinski definition) is 0. The van der Waals surface area contributed by atoms with Gasteiger partial charge in [-0.15, -0.1) is 0 Å². The molecule has 0 amide bonds. The number of alkyl halides is 3. The Morgan fingerprint density at radius 3 is 2.38 bits per heavy atom. The van der Waals surface area contributed by atoms with E-state index in [1.807, 2.05) is 6.08 Å². The Bertz CT molecular complexity index is 757. The van der Waals surface area contributed by atoms with Gasteiger partial charge >= 0.3 is 6.11 Å². The molecule has 0 radical (unpaired) electrons. The van der Waals surface area contributed by atoms with E-state index in [0.717, 1.165) is 12.1 Å². The van der Waals surface area contributed by atoms with Crippen molar-refractivity contribution in [2.75, 3.05) is 26.5 Å². The van der Waals surface area contributed by atoms with Crippen LogP contribution in [0.15, 0.2) is 24.3 Å². The first-order valence-corrected chi connectivity index (χ1v) is 11.0. The molecule has 9 heteroatoms. The molecule has 1 aliphatic heterocycles. The smallest absolute Gasteiger partial charge is 0.386 e. The average molecular weight is 464 g/mol. The molecule has 32 heavy (non-hydrogen) atoms. The van der Waals surface area contributed by atoms with Crippen molar-refractivity contribution in [1.82, 2.24) is 0 Å². The number of hydrogen-bond acceptors (Lipinski definition) is 4. The fourth-order valence-electron chi connectivity index (χ4n) is 4.04. The van der Waals surface area contributed by atoms with Gasteiger partial charge in [-0.3, -0.25) is 4.39 Å². The highest BCUT2D eigenvalue weighted by molar-refractivity contribution is 5.32. The Hall–Kier alpha value is -1.71. The van der Waals surface area contributed by atoms with Crippen LogP contribution in [0.4, 0.5) is 22.0 Å². The SMILES string of the molecule is CCOc1ccc(C(F)(F)OC2CCC(C3OCC(C=CCCF)CO3)CC2)c(F)c1F. The molecule has 0 bridgehead atoms. The third kappa shape index (κ3) is 6.20. The summed E-state index contributed by atoms with van der Waals surface area (Å²) in [5.41, 5.74) is -1.15. The van der Waals surface area contributed by atoms with Gasteiger partial charge in [0.05, 0.1) is 38.2 Å². The van der Waals surface area contributed by atoms with E-state index in [9.17, 15) is 22.0 Å². The number of rotatable bonds is 9. The maximum atomic E-state index is 14.6. The van der Waals surface area contributed by atoms with E-state index in [1.54, 1.807) is 13.0 Å². The second-order valence-corrected chi connectivity index (χ2v) is 8.04. The molecule has 1 saturated carbocycles. The molecule has 3 rings (SSSR count). The lowest BCUT2D eigenvalue weighted by molar-refractivity contribution is -0.284. The molecule has 0 spiro atoms. The van der Waals surface area contributed by atoms with Crippen molar-refractivity contribution in [3.8, 4) is 5.75 Å². The molecule has 1 heterocycles. The molecule has 0 aromatic heterocycles. The van der Waals surface area contributed by atoms with Crippen molar-refractivity contribution in [3.63, 3.8) is 0 Å². The van der Waals surface area contributed by atoms with Gasteiger partial charge in [0.2, 0.25) is 5.82 Å². The minimum absolute atomic E-state index is 0.0406. The Kier molecular flexibility index (Phi) is 8.90. The van der Waals surface area contributed by atoms with Crippen LogP contribution in [-0.2, 0) is 20.3 Å². The molecular formula is C23H29F5O4. The second-order valence-electron chi connectivity index (χ2n) is 8.04. The Labute approximate surface area is 184 Å². The highest BCUT2D eigenvalue weighted by Gasteiger charge is 2.42. The van der Waals surface area contributed by atoms with Gasteiger partial charge in [0.1, 0.15) is 0 Å². The molecule has 1 aromatic carbocycles. The standard InChI is InChI=1S/C23H29F5O4/c1-2-29-19-11-10-18(20(25)21(19)26)23(27,28)32-17-8-6-16(7-9-17)22-30-13-15(14-31-22)5-3-4-12-24/h3,5,10-11,15-17,22H,2,4,6-9,12-14H2,1H3. The van der Waals surface area contributed by atoms with Gasteiger partial charge in [0, 0.05) is 11.8 Å². The van der Waals surface area contributed by atoms with Crippen molar-refractivity contribution < 1.29 is 40.9 Å². The van der Waals surface area contributed by atoms with E-state index in [2.05, 4.69) is 0 Å². The monoisotopic (exact) mass is 464 g/mol. The van der Waals surface area contributed by atoms with Crippen LogP contribution in [0, 0.1) is 23.5 Å². The van der Waals surface area contributed by atoms with E-state index in [1.165, 1.54) is 0 Å². The number of ether oxygens (including phenoxy) is 4. The molecule has 4 nitrogen and oxygen atoms in total. The predicted molar refractivity (Wildman–Crippen MR) is 107 cm³/mol. The van der Waals surface area contributed by atoms with Gasteiger partial charge in [-0.05, 0) is 51.2 Å². The van der Waals surface area contributed by atoms with Gasteiger partial charge in [-0.1, -0.05) is 12.2 Å². The predicted octanol–water partition coefficient (Wildman–Crippen LogP) is 5.89. The van der Waals surface area contributed by atoms with E-state index >= 15 is 0 Å². The van der Waals surface area contributed by atoms with Crippen molar-refractivity contribution in [2.45, 2.75) is 57.5 Å². The summed E-state index contributed by atoms with van der Waals surface area (Å²) >= 11 is 0. The Morgan fingerprint density at radius 1 is 1.06 bits per heavy atom. The van der Waals surface area contributed by atoms with Crippen LogP contribution in [0.1, 0.15) is 44.6 Å². The highest BCUT2D eigenvalue weighted by Crippen LogP contribution is 2.40. The molecule has 0 N–H and O–H groups in total.